The zero-order chi connectivity index (χ0) is 10.0. The van der Waals surface area contributed by atoms with Crippen LogP contribution in [0.2, 0.25) is 5.02 Å². The predicted octanol–water partition coefficient (Wildman–Crippen LogP) is 2.36. The molecule has 0 heterocycles. The summed E-state index contributed by atoms with van der Waals surface area (Å²) in [4.78, 5) is 10.6. The number of carboxylic acids is 1. The van der Waals surface area contributed by atoms with Crippen LogP contribution in [-0.4, -0.2) is 18.2 Å². The zero-order valence-corrected chi connectivity index (χ0v) is 8.05. The molecule has 0 aliphatic heterocycles. The number of methoxy groups -OCH3 is 1. The molecular weight excluding hydrogens is 192 g/mol. The molecule has 0 bridgehead atoms. The number of hydrogen-bond donors (Lipinski definition) is 1. The number of aromatic carboxylic acids is 1. The topological polar surface area (TPSA) is 46.5 Å². The van der Waals surface area contributed by atoms with Crippen molar-refractivity contribution in [3.05, 3.63) is 28.3 Å². The number of carboxylic acid groups (broad SMARTS) is 1. The summed E-state index contributed by atoms with van der Waals surface area (Å²) >= 11 is 5.71. The summed E-state index contributed by atoms with van der Waals surface area (Å²) in [6.45, 7) is 1.77. The van der Waals surface area contributed by atoms with Gasteiger partial charge in [0.15, 0.2) is 0 Å². The molecule has 0 aliphatic rings. The van der Waals surface area contributed by atoms with Gasteiger partial charge >= 0.3 is 5.97 Å². The first kappa shape index (κ1) is 9.86. The molecule has 0 amide bonds. The molecule has 1 N–H and O–H groups in total. The molecule has 1 rings (SSSR count). The molecule has 0 atom stereocenters. The SMILES string of the molecule is COc1cc(Cl)c(C(=O)O)cc1C. The lowest BCUT2D eigenvalue weighted by Crippen LogP contribution is -1.99. The van der Waals surface area contributed by atoms with Gasteiger partial charge in [-0.15, -0.1) is 0 Å². The van der Waals surface area contributed by atoms with Crippen LogP contribution in [-0.2, 0) is 0 Å². The van der Waals surface area contributed by atoms with Crippen LogP contribution in [0.3, 0.4) is 0 Å². The van der Waals surface area contributed by atoms with E-state index >= 15 is 0 Å². The van der Waals surface area contributed by atoms with Gasteiger partial charge in [-0.3, -0.25) is 0 Å². The summed E-state index contributed by atoms with van der Waals surface area (Å²) in [5, 5.41) is 8.92. The second-order valence-electron chi connectivity index (χ2n) is 2.61. The predicted molar refractivity (Wildman–Crippen MR) is 49.7 cm³/mol. The van der Waals surface area contributed by atoms with Gasteiger partial charge in [0.25, 0.3) is 0 Å². The maximum Gasteiger partial charge on any atom is 0.337 e. The van der Waals surface area contributed by atoms with Crippen molar-refractivity contribution in [1.29, 1.82) is 0 Å². The van der Waals surface area contributed by atoms with Crippen LogP contribution < -0.4 is 4.74 Å². The molecule has 70 valence electrons. The molecule has 0 aromatic heterocycles. The van der Waals surface area contributed by atoms with Crippen LogP contribution in [0.25, 0.3) is 0 Å². The van der Waals surface area contributed by atoms with Crippen LogP contribution in [0.5, 0.6) is 5.75 Å². The molecule has 4 heteroatoms. The highest BCUT2D eigenvalue weighted by Crippen LogP contribution is 2.26. The molecule has 1 aromatic carbocycles. The van der Waals surface area contributed by atoms with E-state index in [1.165, 1.54) is 19.2 Å². The van der Waals surface area contributed by atoms with Crippen molar-refractivity contribution in [2.45, 2.75) is 6.92 Å². The Balaban J connectivity index is 3.28. The van der Waals surface area contributed by atoms with Gasteiger partial charge in [-0.25, -0.2) is 4.79 Å². The first-order valence-electron chi connectivity index (χ1n) is 3.63. The standard InChI is InChI=1S/C9H9ClO3/c1-5-3-6(9(11)12)7(10)4-8(5)13-2/h3-4H,1-2H3,(H,11,12). The third kappa shape index (κ3) is 1.92. The average molecular weight is 201 g/mol. The number of halogens is 1. The smallest absolute Gasteiger partial charge is 0.337 e. The van der Waals surface area contributed by atoms with E-state index in [0.717, 1.165) is 5.56 Å². The van der Waals surface area contributed by atoms with Gasteiger partial charge in [-0.05, 0) is 24.6 Å². The van der Waals surface area contributed by atoms with Crippen LogP contribution >= 0.6 is 11.6 Å². The zero-order valence-electron chi connectivity index (χ0n) is 7.30. The first-order valence-corrected chi connectivity index (χ1v) is 4.01. The Morgan fingerprint density at radius 3 is 2.62 bits per heavy atom. The minimum atomic E-state index is -1.03. The highest BCUT2D eigenvalue weighted by Gasteiger charge is 2.11. The third-order valence-electron chi connectivity index (χ3n) is 1.71. The molecule has 13 heavy (non-hydrogen) atoms. The second kappa shape index (κ2) is 3.66. The summed E-state index contributed by atoms with van der Waals surface area (Å²) in [5.41, 5.74) is 0.851. The highest BCUT2D eigenvalue weighted by molar-refractivity contribution is 6.33. The summed E-state index contributed by atoms with van der Waals surface area (Å²) in [6.07, 6.45) is 0. The van der Waals surface area contributed by atoms with E-state index in [2.05, 4.69) is 0 Å². The van der Waals surface area contributed by atoms with Crippen molar-refractivity contribution >= 4 is 17.6 Å². The Hall–Kier alpha value is -1.22. The van der Waals surface area contributed by atoms with Gasteiger partial charge in [0.1, 0.15) is 5.75 Å². The van der Waals surface area contributed by atoms with E-state index in [0.29, 0.717) is 5.75 Å². The molecule has 0 aliphatic carbocycles. The fraction of sp³-hybridized carbons (Fsp3) is 0.222. The van der Waals surface area contributed by atoms with Gasteiger partial charge < -0.3 is 9.84 Å². The van der Waals surface area contributed by atoms with E-state index in [4.69, 9.17) is 21.4 Å². The van der Waals surface area contributed by atoms with Gasteiger partial charge in [-0.1, -0.05) is 11.6 Å². The molecule has 0 unspecified atom stereocenters. The minimum Gasteiger partial charge on any atom is -0.496 e. The number of aryl methyl sites for hydroxylation is 1. The lowest BCUT2D eigenvalue weighted by atomic mass is 10.1. The summed E-state index contributed by atoms with van der Waals surface area (Å²) in [7, 11) is 1.51. The number of ether oxygens (including phenoxy) is 1. The molecule has 0 saturated heterocycles. The van der Waals surface area contributed by atoms with E-state index in [9.17, 15) is 4.79 Å². The largest absolute Gasteiger partial charge is 0.496 e. The van der Waals surface area contributed by atoms with Crippen molar-refractivity contribution in [3.8, 4) is 5.75 Å². The van der Waals surface area contributed by atoms with Crippen molar-refractivity contribution in [2.24, 2.45) is 0 Å². The Morgan fingerprint density at radius 2 is 2.15 bits per heavy atom. The highest BCUT2D eigenvalue weighted by atomic mass is 35.5. The van der Waals surface area contributed by atoms with Crippen LogP contribution in [0.4, 0.5) is 0 Å². The number of rotatable bonds is 2. The third-order valence-corrected chi connectivity index (χ3v) is 2.03. The molecular formula is C9H9ClO3. The summed E-state index contributed by atoms with van der Waals surface area (Å²) in [6, 6.07) is 2.99. The number of carbonyl (C=O) groups is 1. The quantitative estimate of drug-likeness (QED) is 0.797. The van der Waals surface area contributed by atoms with Crippen molar-refractivity contribution in [1.82, 2.24) is 0 Å². The van der Waals surface area contributed by atoms with Gasteiger partial charge in [-0.2, -0.15) is 0 Å². The number of hydrogen-bond acceptors (Lipinski definition) is 2. The first-order chi connectivity index (χ1) is 6.06. The average Bonchev–Trinajstić information content (AvgIpc) is 2.07. The molecule has 0 saturated carbocycles. The second-order valence-corrected chi connectivity index (χ2v) is 3.01. The number of benzene rings is 1. The van der Waals surface area contributed by atoms with Crippen LogP contribution in [0, 0.1) is 6.92 Å². The Bertz CT molecular complexity index is 347. The molecule has 1 aromatic rings. The monoisotopic (exact) mass is 200 g/mol. The van der Waals surface area contributed by atoms with E-state index in [1.54, 1.807) is 6.92 Å². The van der Waals surface area contributed by atoms with Crippen molar-refractivity contribution in [3.63, 3.8) is 0 Å². The molecule has 0 spiro atoms. The fourth-order valence-corrected chi connectivity index (χ4v) is 1.28. The lowest BCUT2D eigenvalue weighted by molar-refractivity contribution is 0.0697. The van der Waals surface area contributed by atoms with Gasteiger partial charge in [0.05, 0.1) is 17.7 Å². The van der Waals surface area contributed by atoms with E-state index in [1.807, 2.05) is 0 Å². The Morgan fingerprint density at radius 1 is 1.54 bits per heavy atom. The van der Waals surface area contributed by atoms with Crippen molar-refractivity contribution < 1.29 is 14.6 Å². The van der Waals surface area contributed by atoms with Gasteiger partial charge in [0, 0.05) is 0 Å². The van der Waals surface area contributed by atoms with Crippen LogP contribution in [0.1, 0.15) is 15.9 Å². The molecule has 3 nitrogen and oxygen atoms in total. The summed E-state index contributed by atoms with van der Waals surface area (Å²) in [5.74, 6) is -0.439. The van der Waals surface area contributed by atoms with E-state index in [-0.39, 0.29) is 10.6 Å². The fourth-order valence-electron chi connectivity index (χ4n) is 1.05. The van der Waals surface area contributed by atoms with E-state index < -0.39 is 5.97 Å². The molecule has 0 radical (unpaired) electrons. The Labute approximate surface area is 80.9 Å². The Kier molecular flexibility index (Phi) is 2.78. The van der Waals surface area contributed by atoms with Crippen LogP contribution in [0.15, 0.2) is 12.1 Å². The maximum atomic E-state index is 10.6. The molecule has 0 fully saturated rings. The normalized spacial score (nSPS) is 9.77. The van der Waals surface area contributed by atoms with Gasteiger partial charge in [0.2, 0.25) is 0 Å². The maximum absolute atomic E-state index is 10.6. The van der Waals surface area contributed by atoms with Crippen molar-refractivity contribution in [2.75, 3.05) is 7.11 Å². The summed E-state index contributed by atoms with van der Waals surface area (Å²) < 4.78 is 4.98. The minimum absolute atomic E-state index is 0.0972. The lowest BCUT2D eigenvalue weighted by Gasteiger charge is -2.06.